The summed E-state index contributed by atoms with van der Waals surface area (Å²) in [6.07, 6.45) is 3.48. The maximum absolute atomic E-state index is 11.5. The molecule has 29 heavy (non-hydrogen) atoms. The number of nitro groups is 1. The Morgan fingerprint density at radius 1 is 1.21 bits per heavy atom. The number of hydrogen-bond acceptors (Lipinski definition) is 5. The predicted octanol–water partition coefficient (Wildman–Crippen LogP) is 4.60. The minimum atomic E-state index is -0.940. The molecule has 0 aromatic heterocycles. The van der Waals surface area contributed by atoms with Crippen LogP contribution < -0.4 is 10.1 Å². The quantitative estimate of drug-likeness (QED) is 0.580. The second-order valence-electron chi connectivity index (χ2n) is 8.35. The third kappa shape index (κ3) is 2.68. The zero-order chi connectivity index (χ0) is 20.3. The van der Waals surface area contributed by atoms with Gasteiger partial charge in [0.1, 0.15) is 5.75 Å². The fourth-order valence-corrected chi connectivity index (χ4v) is 5.97. The lowest BCUT2D eigenvalue weighted by Crippen LogP contribution is -2.35. The monoisotopic (exact) mass is 394 g/mol. The standard InChI is InChI=1S/C22H22N2O5/c1-29-17-10-15(24(27)28)9-16-18-13-6-7-14(8-13)19(18)20(23-21(16)17)11-2-4-12(5-3-11)22(25)26/h2-5,9-10,13-14,18-20,23H,6-8H2,1H3,(H,25,26)/t13-,14-,18+,19-,20+/m0/s1. The Kier molecular flexibility index (Phi) is 4.01. The van der Waals surface area contributed by atoms with E-state index in [4.69, 9.17) is 4.74 Å². The minimum absolute atomic E-state index is 0.0287. The fourth-order valence-electron chi connectivity index (χ4n) is 5.97. The van der Waals surface area contributed by atoms with Crippen LogP contribution in [0.15, 0.2) is 36.4 Å². The normalized spacial score (nSPS) is 28.9. The van der Waals surface area contributed by atoms with Gasteiger partial charge >= 0.3 is 5.97 Å². The van der Waals surface area contributed by atoms with E-state index in [1.165, 1.54) is 19.6 Å². The molecule has 1 aliphatic heterocycles. The van der Waals surface area contributed by atoms with Crippen LogP contribution in [0.3, 0.4) is 0 Å². The van der Waals surface area contributed by atoms with Crippen LogP contribution in [0.2, 0.25) is 0 Å². The first kappa shape index (κ1) is 18.0. The Balaban J connectivity index is 1.63. The number of benzene rings is 2. The van der Waals surface area contributed by atoms with Gasteiger partial charge in [0.05, 0.1) is 35.4 Å². The largest absolute Gasteiger partial charge is 0.494 e. The summed E-state index contributed by atoms with van der Waals surface area (Å²) in [6.45, 7) is 0. The van der Waals surface area contributed by atoms with Crippen molar-refractivity contribution in [1.82, 2.24) is 0 Å². The molecule has 0 radical (unpaired) electrons. The highest BCUT2D eigenvalue weighted by Gasteiger charge is 2.54. The van der Waals surface area contributed by atoms with Crippen molar-refractivity contribution >= 4 is 17.3 Å². The van der Waals surface area contributed by atoms with Gasteiger partial charge in [0.25, 0.3) is 5.69 Å². The molecule has 3 aliphatic rings. The van der Waals surface area contributed by atoms with Gasteiger partial charge in [0.15, 0.2) is 0 Å². The Hall–Kier alpha value is -3.09. The smallest absolute Gasteiger partial charge is 0.335 e. The number of rotatable bonds is 4. The molecule has 2 bridgehead atoms. The first-order valence-electron chi connectivity index (χ1n) is 9.94. The summed E-state index contributed by atoms with van der Waals surface area (Å²) in [5.41, 5.74) is 3.20. The zero-order valence-electron chi connectivity index (χ0n) is 16.0. The lowest BCUT2D eigenvalue weighted by molar-refractivity contribution is -0.385. The highest BCUT2D eigenvalue weighted by atomic mass is 16.6. The summed E-state index contributed by atoms with van der Waals surface area (Å²) in [5, 5.41) is 24.3. The zero-order valence-corrected chi connectivity index (χ0v) is 16.0. The van der Waals surface area contributed by atoms with Gasteiger partial charge in [0.2, 0.25) is 0 Å². The number of non-ortho nitro benzene ring substituents is 1. The molecule has 2 aromatic rings. The molecule has 0 saturated heterocycles. The van der Waals surface area contributed by atoms with Crippen molar-refractivity contribution in [2.45, 2.75) is 31.2 Å². The van der Waals surface area contributed by atoms with Gasteiger partial charge in [-0.15, -0.1) is 0 Å². The van der Waals surface area contributed by atoms with Crippen molar-refractivity contribution in [3.63, 3.8) is 0 Å². The SMILES string of the molecule is COc1cc([N+](=O)[O-])cc2c1N[C@H](c1ccc(C(=O)O)cc1)[C@H]1[C@H]3CC[C@@H](C3)[C@H]21. The number of hydrogen-bond donors (Lipinski definition) is 2. The number of methoxy groups -OCH3 is 1. The average molecular weight is 394 g/mol. The Morgan fingerprint density at radius 3 is 2.59 bits per heavy atom. The molecule has 7 nitrogen and oxygen atoms in total. The lowest BCUT2D eigenvalue weighted by atomic mass is 9.68. The Morgan fingerprint density at radius 2 is 1.93 bits per heavy atom. The van der Waals surface area contributed by atoms with Gasteiger partial charge in [-0.2, -0.15) is 0 Å². The summed E-state index contributed by atoms with van der Waals surface area (Å²) >= 11 is 0. The van der Waals surface area contributed by atoms with Gasteiger partial charge in [-0.1, -0.05) is 12.1 Å². The van der Waals surface area contributed by atoms with Crippen molar-refractivity contribution in [3.8, 4) is 5.75 Å². The van der Waals surface area contributed by atoms with E-state index in [-0.39, 0.29) is 28.1 Å². The van der Waals surface area contributed by atoms with Crippen molar-refractivity contribution in [2.24, 2.45) is 17.8 Å². The molecule has 7 heteroatoms. The van der Waals surface area contributed by atoms with E-state index in [9.17, 15) is 20.0 Å². The van der Waals surface area contributed by atoms with E-state index in [0.717, 1.165) is 29.7 Å². The van der Waals surface area contributed by atoms with Crippen LogP contribution in [0.4, 0.5) is 11.4 Å². The second-order valence-corrected chi connectivity index (χ2v) is 8.35. The molecule has 2 aromatic carbocycles. The number of nitro benzene ring substituents is 1. The van der Waals surface area contributed by atoms with E-state index in [1.807, 2.05) is 12.1 Å². The molecule has 150 valence electrons. The van der Waals surface area contributed by atoms with Crippen molar-refractivity contribution in [1.29, 1.82) is 0 Å². The second kappa shape index (κ2) is 6.47. The number of nitrogens with zero attached hydrogens (tertiary/aromatic N) is 1. The lowest BCUT2D eigenvalue weighted by Gasteiger charge is -2.43. The molecule has 2 fully saturated rings. The third-order valence-corrected chi connectivity index (χ3v) is 7.09. The molecule has 0 amide bonds. The van der Waals surface area contributed by atoms with Gasteiger partial charge in [-0.05, 0) is 66.2 Å². The van der Waals surface area contributed by atoms with Crippen LogP contribution in [0.1, 0.15) is 52.7 Å². The van der Waals surface area contributed by atoms with Gasteiger partial charge in [0, 0.05) is 6.07 Å². The van der Waals surface area contributed by atoms with Crippen LogP contribution >= 0.6 is 0 Å². The van der Waals surface area contributed by atoms with Crippen molar-refractivity contribution in [3.05, 3.63) is 63.2 Å². The van der Waals surface area contributed by atoms with E-state index < -0.39 is 5.97 Å². The van der Waals surface area contributed by atoms with Crippen LogP contribution in [-0.4, -0.2) is 23.1 Å². The number of nitrogens with one attached hydrogen (secondary N) is 1. The van der Waals surface area contributed by atoms with Crippen LogP contribution in [0, 0.1) is 27.9 Å². The number of fused-ring (bicyclic) bond motifs is 7. The number of anilines is 1. The highest BCUT2D eigenvalue weighted by Crippen LogP contribution is 2.65. The van der Waals surface area contributed by atoms with Gasteiger partial charge in [-0.3, -0.25) is 10.1 Å². The van der Waals surface area contributed by atoms with Gasteiger partial charge in [-0.25, -0.2) is 4.79 Å². The van der Waals surface area contributed by atoms with E-state index in [1.54, 1.807) is 18.2 Å². The van der Waals surface area contributed by atoms with E-state index in [2.05, 4.69) is 5.32 Å². The fraction of sp³-hybridized carbons (Fsp3) is 0.409. The molecule has 0 unspecified atom stereocenters. The predicted molar refractivity (Wildman–Crippen MR) is 106 cm³/mol. The van der Waals surface area contributed by atoms with E-state index >= 15 is 0 Å². The summed E-state index contributed by atoms with van der Waals surface area (Å²) in [6, 6.07) is 10.3. The molecular weight excluding hydrogens is 372 g/mol. The number of carbonyl (C=O) groups is 1. The Bertz CT molecular complexity index is 1000. The first-order chi connectivity index (χ1) is 14.0. The number of ether oxygens (including phenoxy) is 1. The molecule has 2 aliphatic carbocycles. The van der Waals surface area contributed by atoms with Crippen molar-refractivity contribution in [2.75, 3.05) is 12.4 Å². The summed E-state index contributed by atoms with van der Waals surface area (Å²) < 4.78 is 5.52. The maximum atomic E-state index is 11.5. The molecule has 2 saturated carbocycles. The first-order valence-corrected chi connectivity index (χ1v) is 9.94. The van der Waals surface area contributed by atoms with Crippen molar-refractivity contribution < 1.29 is 19.6 Å². The molecular formula is C22H22N2O5. The number of carboxylic acids is 1. The summed E-state index contributed by atoms with van der Waals surface area (Å²) in [4.78, 5) is 22.3. The highest BCUT2D eigenvalue weighted by molar-refractivity contribution is 5.87. The van der Waals surface area contributed by atoms with Crippen LogP contribution in [-0.2, 0) is 0 Å². The topological polar surface area (TPSA) is 102 Å². The third-order valence-electron chi connectivity index (χ3n) is 7.09. The van der Waals surface area contributed by atoms with Gasteiger partial charge < -0.3 is 15.2 Å². The molecule has 1 heterocycles. The maximum Gasteiger partial charge on any atom is 0.335 e. The number of carboxylic acid groups (broad SMARTS) is 1. The molecule has 2 N–H and O–H groups in total. The van der Waals surface area contributed by atoms with Crippen LogP contribution in [0.25, 0.3) is 0 Å². The number of aromatic carboxylic acids is 1. The molecule has 0 spiro atoms. The molecule has 5 atom stereocenters. The minimum Gasteiger partial charge on any atom is -0.494 e. The average Bonchev–Trinajstić information content (AvgIpc) is 3.35. The van der Waals surface area contributed by atoms with Crippen LogP contribution in [0.5, 0.6) is 5.75 Å². The molecule has 5 rings (SSSR count). The summed E-state index contributed by atoms with van der Waals surface area (Å²) in [7, 11) is 1.53. The Labute approximate surface area is 167 Å². The summed E-state index contributed by atoms with van der Waals surface area (Å²) in [5.74, 6) is 1.23. The van der Waals surface area contributed by atoms with E-state index in [0.29, 0.717) is 23.5 Å².